The Balaban J connectivity index is 1.69. The van der Waals surface area contributed by atoms with E-state index in [0.29, 0.717) is 0 Å². The van der Waals surface area contributed by atoms with E-state index in [-0.39, 0.29) is 0 Å². The molecule has 0 aliphatic heterocycles. The zero-order valence-corrected chi connectivity index (χ0v) is 14.0. The van der Waals surface area contributed by atoms with Crippen molar-refractivity contribution >= 4 is 24.3 Å². The summed E-state index contributed by atoms with van der Waals surface area (Å²) in [6.07, 6.45) is 8.23. The number of hydrogen-bond donors (Lipinski definition) is 0. The first-order valence-corrected chi connectivity index (χ1v) is 8.03. The van der Waals surface area contributed by atoms with Gasteiger partial charge >= 0.3 is 0 Å². The summed E-state index contributed by atoms with van der Waals surface area (Å²) in [5, 5.41) is 0. The van der Waals surface area contributed by atoms with Crippen molar-refractivity contribution < 1.29 is 0 Å². The van der Waals surface area contributed by atoms with Crippen LogP contribution in [0.25, 0.3) is 24.3 Å². The number of rotatable bonds is 4. The smallest absolute Gasteiger partial charge is 0.0633 e. The molecule has 3 aromatic rings. The van der Waals surface area contributed by atoms with E-state index in [1.54, 1.807) is 0 Å². The minimum atomic E-state index is 0.976. The van der Waals surface area contributed by atoms with Gasteiger partial charge in [-0.3, -0.25) is 9.97 Å². The van der Waals surface area contributed by atoms with Gasteiger partial charge in [-0.15, -0.1) is 0 Å². The summed E-state index contributed by atoms with van der Waals surface area (Å²) < 4.78 is 0. The highest BCUT2D eigenvalue weighted by Gasteiger charge is 1.93. The molecular weight excluding hydrogens is 292 g/mol. The maximum Gasteiger partial charge on any atom is 0.0633 e. The summed E-state index contributed by atoms with van der Waals surface area (Å²) in [5.74, 6) is 0. The average Bonchev–Trinajstić information content (AvgIpc) is 2.59. The fourth-order valence-electron chi connectivity index (χ4n) is 2.40. The second kappa shape index (κ2) is 7.51. The maximum absolute atomic E-state index is 4.47. The molecule has 118 valence electrons. The highest BCUT2D eigenvalue weighted by Crippen LogP contribution is 2.12. The molecule has 0 N–H and O–H groups in total. The standard InChI is InChI=1S/C22H20N2/c1-17-5-3-7-21(23-17)15-13-19-9-11-20(12-10-19)14-16-22-8-4-6-18(2)24-22/h3-16H,1-2H3/b15-13+,16-14+. The summed E-state index contributed by atoms with van der Waals surface area (Å²) in [6.45, 7) is 4.00. The minimum Gasteiger partial charge on any atom is -0.254 e. The highest BCUT2D eigenvalue weighted by molar-refractivity contribution is 5.71. The van der Waals surface area contributed by atoms with Crippen LogP contribution < -0.4 is 0 Å². The SMILES string of the molecule is Cc1cccc(/C=C/c2ccc(/C=C/c3cccc(C)n3)cc2)n1. The van der Waals surface area contributed by atoms with Gasteiger partial charge in [-0.1, -0.05) is 48.6 Å². The second-order valence-corrected chi connectivity index (χ2v) is 5.74. The Labute approximate surface area is 143 Å². The van der Waals surface area contributed by atoms with Crippen molar-refractivity contribution in [1.82, 2.24) is 9.97 Å². The fourth-order valence-corrected chi connectivity index (χ4v) is 2.40. The zero-order valence-electron chi connectivity index (χ0n) is 14.0. The molecular formula is C22H20N2. The monoisotopic (exact) mass is 312 g/mol. The molecule has 0 radical (unpaired) electrons. The normalized spacial score (nSPS) is 11.4. The van der Waals surface area contributed by atoms with Crippen LogP contribution in [0.1, 0.15) is 33.9 Å². The molecule has 0 bridgehead atoms. The Hall–Kier alpha value is -3.00. The highest BCUT2D eigenvalue weighted by atomic mass is 14.7. The van der Waals surface area contributed by atoms with E-state index in [2.05, 4.69) is 46.4 Å². The van der Waals surface area contributed by atoms with Gasteiger partial charge in [-0.25, -0.2) is 0 Å². The van der Waals surface area contributed by atoms with E-state index in [1.807, 2.05) is 62.4 Å². The van der Waals surface area contributed by atoms with Gasteiger partial charge in [0.05, 0.1) is 11.4 Å². The molecule has 0 amide bonds. The molecule has 0 aliphatic carbocycles. The molecule has 24 heavy (non-hydrogen) atoms. The Kier molecular flexibility index (Phi) is 4.97. The topological polar surface area (TPSA) is 25.8 Å². The van der Waals surface area contributed by atoms with Crippen molar-refractivity contribution in [1.29, 1.82) is 0 Å². The van der Waals surface area contributed by atoms with Crippen LogP contribution in [0.4, 0.5) is 0 Å². The predicted octanol–water partition coefficient (Wildman–Crippen LogP) is 5.43. The van der Waals surface area contributed by atoms with E-state index in [9.17, 15) is 0 Å². The van der Waals surface area contributed by atoms with Crippen molar-refractivity contribution in [2.24, 2.45) is 0 Å². The zero-order chi connectivity index (χ0) is 16.8. The number of pyridine rings is 2. The van der Waals surface area contributed by atoms with Crippen LogP contribution in [0.15, 0.2) is 60.7 Å². The van der Waals surface area contributed by atoms with Gasteiger partial charge in [0.2, 0.25) is 0 Å². The molecule has 0 aliphatic rings. The predicted molar refractivity (Wildman–Crippen MR) is 102 cm³/mol. The Morgan fingerprint density at radius 2 is 0.958 bits per heavy atom. The average molecular weight is 312 g/mol. The van der Waals surface area contributed by atoms with Gasteiger partial charge in [-0.05, 0) is 61.4 Å². The van der Waals surface area contributed by atoms with Crippen molar-refractivity contribution in [3.05, 3.63) is 94.6 Å². The van der Waals surface area contributed by atoms with Crippen LogP contribution in [0.2, 0.25) is 0 Å². The molecule has 2 nitrogen and oxygen atoms in total. The molecule has 0 unspecified atom stereocenters. The molecule has 0 spiro atoms. The van der Waals surface area contributed by atoms with Crippen molar-refractivity contribution in [2.45, 2.75) is 13.8 Å². The van der Waals surface area contributed by atoms with Crippen molar-refractivity contribution in [2.75, 3.05) is 0 Å². The number of nitrogens with zero attached hydrogens (tertiary/aromatic N) is 2. The van der Waals surface area contributed by atoms with Crippen LogP contribution in [0, 0.1) is 13.8 Å². The largest absolute Gasteiger partial charge is 0.254 e. The van der Waals surface area contributed by atoms with Gasteiger partial charge in [-0.2, -0.15) is 0 Å². The van der Waals surface area contributed by atoms with Gasteiger partial charge < -0.3 is 0 Å². The van der Waals surface area contributed by atoms with Gasteiger partial charge in [0.25, 0.3) is 0 Å². The fraction of sp³-hybridized carbons (Fsp3) is 0.0909. The summed E-state index contributed by atoms with van der Waals surface area (Å²) in [7, 11) is 0. The van der Waals surface area contributed by atoms with Crippen LogP contribution in [-0.4, -0.2) is 9.97 Å². The molecule has 0 saturated carbocycles. The summed E-state index contributed by atoms with van der Waals surface area (Å²) in [6, 6.07) is 20.5. The van der Waals surface area contributed by atoms with Gasteiger partial charge in [0.1, 0.15) is 0 Å². The quantitative estimate of drug-likeness (QED) is 0.641. The first-order chi connectivity index (χ1) is 11.7. The molecule has 2 aromatic heterocycles. The molecule has 3 rings (SSSR count). The molecule has 2 heteroatoms. The Bertz CT molecular complexity index is 800. The van der Waals surface area contributed by atoms with Gasteiger partial charge in [0.15, 0.2) is 0 Å². The van der Waals surface area contributed by atoms with E-state index in [1.165, 1.54) is 0 Å². The van der Waals surface area contributed by atoms with Crippen molar-refractivity contribution in [3.8, 4) is 0 Å². The number of aromatic nitrogens is 2. The number of benzene rings is 1. The third kappa shape index (κ3) is 4.50. The molecule has 0 fully saturated rings. The maximum atomic E-state index is 4.47. The van der Waals surface area contributed by atoms with E-state index in [4.69, 9.17) is 0 Å². The van der Waals surface area contributed by atoms with Crippen LogP contribution in [0.3, 0.4) is 0 Å². The Morgan fingerprint density at radius 3 is 1.33 bits per heavy atom. The lowest BCUT2D eigenvalue weighted by atomic mass is 10.1. The first-order valence-electron chi connectivity index (χ1n) is 8.03. The van der Waals surface area contributed by atoms with E-state index < -0.39 is 0 Å². The molecule has 0 saturated heterocycles. The van der Waals surface area contributed by atoms with Gasteiger partial charge in [0, 0.05) is 11.4 Å². The van der Waals surface area contributed by atoms with E-state index in [0.717, 1.165) is 33.9 Å². The second-order valence-electron chi connectivity index (χ2n) is 5.74. The summed E-state index contributed by atoms with van der Waals surface area (Å²) >= 11 is 0. The van der Waals surface area contributed by atoms with E-state index >= 15 is 0 Å². The number of aryl methyl sites for hydroxylation is 2. The minimum absolute atomic E-state index is 0.976. The molecule has 0 atom stereocenters. The lowest BCUT2D eigenvalue weighted by molar-refractivity contribution is 1.18. The van der Waals surface area contributed by atoms with Crippen LogP contribution in [-0.2, 0) is 0 Å². The number of hydrogen-bond acceptors (Lipinski definition) is 2. The first kappa shape index (κ1) is 15.9. The van der Waals surface area contributed by atoms with Crippen LogP contribution in [0.5, 0.6) is 0 Å². The lowest BCUT2D eigenvalue weighted by Crippen LogP contribution is -1.83. The summed E-state index contributed by atoms with van der Waals surface area (Å²) in [5.41, 5.74) is 6.33. The lowest BCUT2D eigenvalue weighted by Gasteiger charge is -1.98. The Morgan fingerprint density at radius 1 is 0.542 bits per heavy atom. The summed E-state index contributed by atoms with van der Waals surface area (Å²) in [4.78, 5) is 8.94. The third-order valence-corrected chi connectivity index (χ3v) is 3.65. The molecule has 2 heterocycles. The molecule has 1 aromatic carbocycles. The van der Waals surface area contributed by atoms with Crippen molar-refractivity contribution in [3.63, 3.8) is 0 Å². The third-order valence-electron chi connectivity index (χ3n) is 3.65. The van der Waals surface area contributed by atoms with Crippen LogP contribution >= 0.6 is 0 Å².